The second-order valence-electron chi connectivity index (χ2n) is 3.59. The molecule has 1 aromatic rings. The maximum atomic E-state index is 4.47. The summed E-state index contributed by atoms with van der Waals surface area (Å²) in [6, 6.07) is 2.58. The second kappa shape index (κ2) is 5.02. The van der Waals surface area contributed by atoms with Crippen LogP contribution in [0.1, 0.15) is 32.0 Å². The standard InChI is InChI=1S/C10H19N3/c1-9(2)13-8-6-10(12-13)5-4-7-11-3/h6,8-9,11H,4-5,7H2,1-3H3. The van der Waals surface area contributed by atoms with Gasteiger partial charge in [0.05, 0.1) is 5.69 Å². The third-order valence-corrected chi connectivity index (χ3v) is 2.05. The highest BCUT2D eigenvalue weighted by Gasteiger charge is 2.00. The minimum atomic E-state index is 0.470. The van der Waals surface area contributed by atoms with Crippen molar-refractivity contribution in [2.24, 2.45) is 0 Å². The molecular formula is C10H19N3. The molecule has 3 nitrogen and oxygen atoms in total. The van der Waals surface area contributed by atoms with Gasteiger partial charge in [-0.1, -0.05) is 0 Å². The molecule has 0 aliphatic heterocycles. The van der Waals surface area contributed by atoms with Gasteiger partial charge >= 0.3 is 0 Å². The minimum Gasteiger partial charge on any atom is -0.320 e. The summed E-state index contributed by atoms with van der Waals surface area (Å²) < 4.78 is 2.01. The van der Waals surface area contributed by atoms with Crippen molar-refractivity contribution in [3.63, 3.8) is 0 Å². The maximum absolute atomic E-state index is 4.47. The second-order valence-corrected chi connectivity index (χ2v) is 3.59. The quantitative estimate of drug-likeness (QED) is 0.699. The summed E-state index contributed by atoms with van der Waals surface area (Å²) in [6.45, 7) is 5.35. The van der Waals surface area contributed by atoms with Gasteiger partial charge in [0.1, 0.15) is 0 Å². The summed E-state index contributed by atoms with van der Waals surface area (Å²) in [5.41, 5.74) is 1.20. The summed E-state index contributed by atoms with van der Waals surface area (Å²) in [4.78, 5) is 0. The molecule has 0 fully saturated rings. The van der Waals surface area contributed by atoms with Crippen LogP contribution in [0.4, 0.5) is 0 Å². The minimum absolute atomic E-state index is 0.470. The molecule has 3 heteroatoms. The Morgan fingerprint density at radius 1 is 1.54 bits per heavy atom. The van der Waals surface area contributed by atoms with Gasteiger partial charge in [0, 0.05) is 12.2 Å². The predicted molar refractivity (Wildman–Crippen MR) is 54.9 cm³/mol. The first-order valence-corrected chi connectivity index (χ1v) is 4.92. The fourth-order valence-electron chi connectivity index (χ4n) is 1.24. The molecule has 74 valence electrons. The van der Waals surface area contributed by atoms with Crippen LogP contribution in [-0.4, -0.2) is 23.4 Å². The van der Waals surface area contributed by atoms with Crippen LogP contribution in [-0.2, 0) is 6.42 Å². The Labute approximate surface area is 80.1 Å². The van der Waals surface area contributed by atoms with Gasteiger partial charge in [0.25, 0.3) is 0 Å². The molecule has 0 atom stereocenters. The van der Waals surface area contributed by atoms with Crippen LogP contribution >= 0.6 is 0 Å². The van der Waals surface area contributed by atoms with Crippen molar-refractivity contribution in [2.75, 3.05) is 13.6 Å². The summed E-state index contributed by atoms with van der Waals surface area (Å²) in [5, 5.41) is 7.60. The number of hydrogen-bond donors (Lipinski definition) is 1. The molecule has 0 bridgehead atoms. The Morgan fingerprint density at radius 3 is 2.85 bits per heavy atom. The van der Waals surface area contributed by atoms with E-state index in [0.29, 0.717) is 6.04 Å². The third kappa shape index (κ3) is 3.19. The van der Waals surface area contributed by atoms with Crippen molar-refractivity contribution in [2.45, 2.75) is 32.7 Å². The highest BCUT2D eigenvalue weighted by molar-refractivity contribution is 4.99. The normalized spacial score (nSPS) is 11.1. The number of aryl methyl sites for hydroxylation is 1. The Hall–Kier alpha value is -0.830. The Kier molecular flexibility index (Phi) is 3.96. The van der Waals surface area contributed by atoms with E-state index in [0.717, 1.165) is 19.4 Å². The van der Waals surface area contributed by atoms with Crippen LogP contribution in [0.15, 0.2) is 12.3 Å². The first-order chi connectivity index (χ1) is 6.24. The largest absolute Gasteiger partial charge is 0.320 e. The molecule has 0 aliphatic carbocycles. The van der Waals surface area contributed by atoms with Crippen LogP contribution < -0.4 is 5.32 Å². The summed E-state index contributed by atoms with van der Waals surface area (Å²) in [5.74, 6) is 0. The number of nitrogens with one attached hydrogen (secondary N) is 1. The first-order valence-electron chi connectivity index (χ1n) is 4.92. The highest BCUT2D eigenvalue weighted by atomic mass is 15.3. The van der Waals surface area contributed by atoms with E-state index >= 15 is 0 Å². The van der Waals surface area contributed by atoms with Gasteiger partial charge in [-0.3, -0.25) is 4.68 Å². The summed E-state index contributed by atoms with van der Waals surface area (Å²) in [6.07, 6.45) is 4.28. The highest BCUT2D eigenvalue weighted by Crippen LogP contribution is 2.05. The Bertz CT molecular complexity index is 240. The van der Waals surface area contributed by atoms with Gasteiger partial charge in [0.2, 0.25) is 0 Å². The van der Waals surface area contributed by atoms with Crippen molar-refractivity contribution >= 4 is 0 Å². The lowest BCUT2D eigenvalue weighted by molar-refractivity contribution is 0.524. The smallest absolute Gasteiger partial charge is 0.0625 e. The fraction of sp³-hybridized carbons (Fsp3) is 0.700. The van der Waals surface area contributed by atoms with Crippen molar-refractivity contribution in [1.29, 1.82) is 0 Å². The third-order valence-electron chi connectivity index (χ3n) is 2.05. The number of hydrogen-bond acceptors (Lipinski definition) is 2. The molecule has 1 aromatic heterocycles. The number of nitrogens with zero attached hydrogens (tertiary/aromatic N) is 2. The molecule has 1 heterocycles. The lowest BCUT2D eigenvalue weighted by Crippen LogP contribution is -2.09. The summed E-state index contributed by atoms with van der Waals surface area (Å²) >= 11 is 0. The average molecular weight is 181 g/mol. The molecule has 13 heavy (non-hydrogen) atoms. The topological polar surface area (TPSA) is 29.9 Å². The van der Waals surface area contributed by atoms with Crippen LogP contribution in [0, 0.1) is 0 Å². The molecule has 1 rings (SSSR count). The van der Waals surface area contributed by atoms with E-state index in [1.807, 2.05) is 11.7 Å². The molecule has 0 spiro atoms. The van der Waals surface area contributed by atoms with Crippen molar-refractivity contribution in [3.8, 4) is 0 Å². The van der Waals surface area contributed by atoms with E-state index in [1.165, 1.54) is 5.69 Å². The molecule has 0 radical (unpaired) electrons. The van der Waals surface area contributed by atoms with E-state index in [-0.39, 0.29) is 0 Å². The average Bonchev–Trinajstić information content (AvgIpc) is 2.53. The molecule has 1 N–H and O–H groups in total. The van der Waals surface area contributed by atoms with Gasteiger partial charge in [-0.25, -0.2) is 0 Å². The van der Waals surface area contributed by atoms with E-state index in [4.69, 9.17) is 0 Å². The molecule has 0 amide bonds. The van der Waals surface area contributed by atoms with E-state index < -0.39 is 0 Å². The lowest BCUT2D eigenvalue weighted by Gasteiger charge is -2.03. The van der Waals surface area contributed by atoms with Crippen molar-refractivity contribution in [1.82, 2.24) is 15.1 Å². The van der Waals surface area contributed by atoms with Gasteiger partial charge in [-0.2, -0.15) is 5.10 Å². The maximum Gasteiger partial charge on any atom is 0.0625 e. The van der Waals surface area contributed by atoms with E-state index in [1.54, 1.807) is 0 Å². The number of aromatic nitrogens is 2. The van der Waals surface area contributed by atoms with Crippen LogP contribution in [0.25, 0.3) is 0 Å². The Balaban J connectivity index is 2.40. The van der Waals surface area contributed by atoms with Gasteiger partial charge in [-0.05, 0) is 46.3 Å². The van der Waals surface area contributed by atoms with Gasteiger partial charge in [-0.15, -0.1) is 0 Å². The molecule has 0 unspecified atom stereocenters. The zero-order valence-corrected chi connectivity index (χ0v) is 8.75. The molecule has 0 saturated carbocycles. The van der Waals surface area contributed by atoms with Crippen molar-refractivity contribution in [3.05, 3.63) is 18.0 Å². The van der Waals surface area contributed by atoms with E-state index in [2.05, 4.69) is 36.5 Å². The zero-order chi connectivity index (χ0) is 9.68. The summed E-state index contributed by atoms with van der Waals surface area (Å²) in [7, 11) is 1.98. The molecule has 0 aliphatic rings. The Morgan fingerprint density at radius 2 is 2.31 bits per heavy atom. The molecular weight excluding hydrogens is 162 g/mol. The van der Waals surface area contributed by atoms with Crippen LogP contribution in [0.2, 0.25) is 0 Å². The first kappa shape index (κ1) is 10.3. The lowest BCUT2D eigenvalue weighted by atomic mass is 10.2. The molecule has 0 aromatic carbocycles. The van der Waals surface area contributed by atoms with Gasteiger partial charge < -0.3 is 5.32 Å². The zero-order valence-electron chi connectivity index (χ0n) is 8.75. The van der Waals surface area contributed by atoms with Crippen LogP contribution in [0.5, 0.6) is 0 Å². The SMILES string of the molecule is CNCCCc1ccn(C(C)C)n1. The van der Waals surface area contributed by atoms with Gasteiger partial charge in [0.15, 0.2) is 0 Å². The molecule has 0 saturated heterocycles. The number of rotatable bonds is 5. The fourth-order valence-corrected chi connectivity index (χ4v) is 1.24. The van der Waals surface area contributed by atoms with Crippen LogP contribution in [0.3, 0.4) is 0 Å². The predicted octanol–water partition coefficient (Wildman–Crippen LogP) is 1.62. The monoisotopic (exact) mass is 181 g/mol. The van der Waals surface area contributed by atoms with Crippen molar-refractivity contribution < 1.29 is 0 Å². The van der Waals surface area contributed by atoms with E-state index in [9.17, 15) is 0 Å².